The predicted molar refractivity (Wildman–Crippen MR) is 71.9 cm³/mol. The molecule has 16 heavy (non-hydrogen) atoms. The van der Waals surface area contributed by atoms with Gasteiger partial charge >= 0.3 is 0 Å². The van der Waals surface area contributed by atoms with E-state index in [4.69, 9.17) is 0 Å². The summed E-state index contributed by atoms with van der Waals surface area (Å²) in [6, 6.07) is 0.885. The minimum atomic E-state index is 0.275. The van der Waals surface area contributed by atoms with Gasteiger partial charge in [-0.3, -0.25) is 0 Å². The van der Waals surface area contributed by atoms with Crippen molar-refractivity contribution < 1.29 is 0 Å². The van der Waals surface area contributed by atoms with Crippen LogP contribution in [-0.4, -0.2) is 36.6 Å². The Morgan fingerprint density at radius 3 is 2.31 bits per heavy atom. The Hall–Kier alpha value is -0.0800. The van der Waals surface area contributed by atoms with Crippen LogP contribution in [0, 0.1) is 0 Å². The molecular weight excluding hydrogens is 196 g/mol. The molecule has 0 aromatic carbocycles. The van der Waals surface area contributed by atoms with Gasteiger partial charge in [0.1, 0.15) is 0 Å². The van der Waals surface area contributed by atoms with Crippen molar-refractivity contribution >= 4 is 0 Å². The van der Waals surface area contributed by atoms with E-state index >= 15 is 0 Å². The zero-order chi connectivity index (χ0) is 12.0. The lowest BCUT2D eigenvalue weighted by molar-refractivity contribution is 0.239. The Labute approximate surface area is 102 Å². The van der Waals surface area contributed by atoms with Gasteiger partial charge in [0, 0.05) is 11.6 Å². The summed E-state index contributed by atoms with van der Waals surface area (Å²) in [5.41, 5.74) is 0.275. The van der Waals surface area contributed by atoms with Gasteiger partial charge in [-0.2, -0.15) is 0 Å². The van der Waals surface area contributed by atoms with Crippen molar-refractivity contribution in [1.82, 2.24) is 10.2 Å². The second-order valence-corrected chi connectivity index (χ2v) is 6.30. The van der Waals surface area contributed by atoms with E-state index in [9.17, 15) is 0 Å². The lowest BCUT2D eigenvalue weighted by atomic mass is 10.1. The number of hydrogen-bond acceptors (Lipinski definition) is 2. The van der Waals surface area contributed by atoms with Crippen molar-refractivity contribution in [2.75, 3.05) is 20.1 Å². The van der Waals surface area contributed by atoms with Gasteiger partial charge in [0.05, 0.1) is 0 Å². The molecule has 0 heterocycles. The second-order valence-electron chi connectivity index (χ2n) is 6.30. The summed E-state index contributed by atoms with van der Waals surface area (Å²) in [5, 5.41) is 3.55. The highest BCUT2D eigenvalue weighted by molar-refractivity contribution is 4.75. The molecule has 0 bridgehead atoms. The summed E-state index contributed by atoms with van der Waals surface area (Å²) >= 11 is 0. The average molecular weight is 226 g/mol. The molecule has 1 rings (SSSR count). The van der Waals surface area contributed by atoms with Crippen LogP contribution in [0.2, 0.25) is 0 Å². The molecule has 0 aromatic heterocycles. The Morgan fingerprint density at radius 2 is 1.75 bits per heavy atom. The monoisotopic (exact) mass is 226 g/mol. The van der Waals surface area contributed by atoms with Gasteiger partial charge in [-0.25, -0.2) is 0 Å². The highest BCUT2D eigenvalue weighted by Crippen LogP contribution is 2.22. The first-order valence-electron chi connectivity index (χ1n) is 6.94. The van der Waals surface area contributed by atoms with E-state index in [0.29, 0.717) is 0 Å². The molecule has 1 N–H and O–H groups in total. The molecule has 1 aliphatic rings. The largest absolute Gasteiger partial charge is 0.312 e. The maximum Gasteiger partial charge on any atom is 0.00965 e. The van der Waals surface area contributed by atoms with Crippen LogP contribution in [0.1, 0.15) is 59.3 Å². The average Bonchev–Trinajstić information content (AvgIpc) is 2.67. The quantitative estimate of drug-likeness (QED) is 0.700. The van der Waals surface area contributed by atoms with Gasteiger partial charge in [-0.1, -0.05) is 12.8 Å². The van der Waals surface area contributed by atoms with Crippen molar-refractivity contribution in [1.29, 1.82) is 0 Å². The molecule has 0 radical (unpaired) electrons. The van der Waals surface area contributed by atoms with Gasteiger partial charge in [0.25, 0.3) is 0 Å². The highest BCUT2D eigenvalue weighted by Gasteiger charge is 2.18. The zero-order valence-corrected chi connectivity index (χ0v) is 11.7. The fourth-order valence-electron chi connectivity index (χ4n) is 2.48. The topological polar surface area (TPSA) is 15.3 Å². The third kappa shape index (κ3) is 5.86. The number of rotatable bonds is 6. The van der Waals surface area contributed by atoms with E-state index in [0.717, 1.165) is 12.6 Å². The Bertz CT molecular complexity index is 178. The van der Waals surface area contributed by atoms with Gasteiger partial charge in [-0.15, -0.1) is 0 Å². The smallest absolute Gasteiger partial charge is 0.00965 e. The fourth-order valence-corrected chi connectivity index (χ4v) is 2.48. The van der Waals surface area contributed by atoms with Crippen molar-refractivity contribution in [2.24, 2.45) is 0 Å². The van der Waals surface area contributed by atoms with Crippen LogP contribution in [-0.2, 0) is 0 Å². The van der Waals surface area contributed by atoms with Gasteiger partial charge in [0.15, 0.2) is 0 Å². The van der Waals surface area contributed by atoms with Gasteiger partial charge in [-0.05, 0) is 66.6 Å². The molecule has 1 saturated carbocycles. The molecular formula is C14H30N2. The van der Waals surface area contributed by atoms with Crippen LogP contribution in [0.15, 0.2) is 0 Å². The van der Waals surface area contributed by atoms with Gasteiger partial charge in [0.2, 0.25) is 0 Å². The summed E-state index contributed by atoms with van der Waals surface area (Å²) in [6.45, 7) is 9.13. The first-order valence-corrected chi connectivity index (χ1v) is 6.94. The Kier molecular flexibility index (Phi) is 5.77. The van der Waals surface area contributed by atoms with E-state index in [1.807, 2.05) is 0 Å². The van der Waals surface area contributed by atoms with Crippen LogP contribution >= 0.6 is 0 Å². The molecule has 1 aliphatic carbocycles. The SMILES string of the molecule is CN(CCCCNC(C)(C)C)C1CCCC1. The molecule has 0 aromatic rings. The number of nitrogens with one attached hydrogen (secondary N) is 1. The van der Waals surface area contributed by atoms with Crippen molar-refractivity contribution in [3.63, 3.8) is 0 Å². The van der Waals surface area contributed by atoms with E-state index in [-0.39, 0.29) is 5.54 Å². The summed E-state index contributed by atoms with van der Waals surface area (Å²) in [4.78, 5) is 2.57. The first-order chi connectivity index (χ1) is 7.49. The molecule has 0 spiro atoms. The van der Waals surface area contributed by atoms with Crippen molar-refractivity contribution in [2.45, 2.75) is 70.9 Å². The molecule has 0 unspecified atom stereocenters. The lowest BCUT2D eigenvalue weighted by Gasteiger charge is -2.24. The zero-order valence-electron chi connectivity index (χ0n) is 11.7. The van der Waals surface area contributed by atoms with E-state index in [2.05, 4.69) is 38.0 Å². The van der Waals surface area contributed by atoms with E-state index in [1.54, 1.807) is 0 Å². The third-order valence-corrected chi connectivity index (χ3v) is 3.54. The standard InChI is InChI=1S/C14H30N2/c1-14(2,3)15-11-7-8-12-16(4)13-9-5-6-10-13/h13,15H,5-12H2,1-4H3. The third-order valence-electron chi connectivity index (χ3n) is 3.54. The fraction of sp³-hybridized carbons (Fsp3) is 1.00. The van der Waals surface area contributed by atoms with Crippen LogP contribution in [0.25, 0.3) is 0 Å². The number of nitrogens with zero attached hydrogens (tertiary/aromatic N) is 1. The summed E-state index contributed by atoms with van der Waals surface area (Å²) < 4.78 is 0. The maximum absolute atomic E-state index is 3.55. The molecule has 96 valence electrons. The molecule has 2 heteroatoms. The minimum Gasteiger partial charge on any atom is -0.312 e. The van der Waals surface area contributed by atoms with Crippen molar-refractivity contribution in [3.8, 4) is 0 Å². The summed E-state index contributed by atoms with van der Waals surface area (Å²) in [7, 11) is 2.30. The Balaban J connectivity index is 1.98. The van der Waals surface area contributed by atoms with Crippen LogP contribution < -0.4 is 5.32 Å². The lowest BCUT2D eigenvalue weighted by Crippen LogP contribution is -2.37. The predicted octanol–water partition coefficient (Wildman–Crippen LogP) is 3.03. The van der Waals surface area contributed by atoms with E-state index in [1.165, 1.54) is 45.1 Å². The van der Waals surface area contributed by atoms with Gasteiger partial charge < -0.3 is 10.2 Å². The first kappa shape index (κ1) is 14.0. The summed E-state index contributed by atoms with van der Waals surface area (Å²) in [6.07, 6.45) is 8.37. The number of unbranched alkanes of at least 4 members (excludes halogenated alkanes) is 1. The molecule has 1 fully saturated rings. The molecule has 0 amide bonds. The maximum atomic E-state index is 3.55. The minimum absolute atomic E-state index is 0.275. The Morgan fingerprint density at radius 1 is 1.12 bits per heavy atom. The molecule has 2 nitrogen and oxygen atoms in total. The normalized spacial score (nSPS) is 18.6. The van der Waals surface area contributed by atoms with Crippen molar-refractivity contribution in [3.05, 3.63) is 0 Å². The second kappa shape index (κ2) is 6.61. The van der Waals surface area contributed by atoms with E-state index < -0.39 is 0 Å². The number of hydrogen-bond donors (Lipinski definition) is 1. The molecule has 0 saturated heterocycles. The highest BCUT2D eigenvalue weighted by atomic mass is 15.1. The molecule has 0 atom stereocenters. The summed E-state index contributed by atoms with van der Waals surface area (Å²) in [5.74, 6) is 0. The van der Waals surface area contributed by atoms with Crippen LogP contribution in [0.3, 0.4) is 0 Å². The van der Waals surface area contributed by atoms with Crippen LogP contribution in [0.4, 0.5) is 0 Å². The van der Waals surface area contributed by atoms with Crippen LogP contribution in [0.5, 0.6) is 0 Å². The molecule has 0 aliphatic heterocycles.